The fraction of sp³-hybridized carbons (Fsp3) is 0.208. The largest absolute Gasteiger partial charge is 0.507 e. The van der Waals surface area contributed by atoms with Crippen LogP contribution in [0.3, 0.4) is 0 Å². The van der Waals surface area contributed by atoms with Gasteiger partial charge in [-0.1, -0.05) is 24.3 Å². The standard InChI is InChI=1S/C24H22N2O6/c1-3-32-24(29)22-14(2)25(13-21(28)15-8-10-16(11-9-15)26(30)31)23-18-7-5-4-6-17(18)20(27)12-19(22)23/h4-12,21,27-28H,3,13H2,1-2H3. The molecule has 0 aliphatic rings. The van der Waals surface area contributed by atoms with Crippen molar-refractivity contribution < 1.29 is 24.7 Å². The lowest BCUT2D eigenvalue weighted by atomic mass is 10.0. The molecule has 4 rings (SSSR count). The van der Waals surface area contributed by atoms with Crippen LogP contribution in [0.15, 0.2) is 54.6 Å². The number of ether oxygens (including phenoxy) is 1. The van der Waals surface area contributed by atoms with Crippen LogP contribution in [0.1, 0.15) is 34.6 Å². The van der Waals surface area contributed by atoms with Crippen LogP contribution in [0.4, 0.5) is 5.69 Å². The van der Waals surface area contributed by atoms with E-state index < -0.39 is 17.0 Å². The fourth-order valence-electron chi connectivity index (χ4n) is 4.11. The summed E-state index contributed by atoms with van der Waals surface area (Å²) < 4.78 is 7.08. The average molecular weight is 434 g/mol. The summed E-state index contributed by atoms with van der Waals surface area (Å²) in [6.45, 7) is 3.79. The van der Waals surface area contributed by atoms with E-state index in [1.54, 1.807) is 26.0 Å². The van der Waals surface area contributed by atoms with Gasteiger partial charge in [0.2, 0.25) is 0 Å². The molecule has 1 heterocycles. The zero-order chi connectivity index (χ0) is 23.0. The Balaban J connectivity index is 1.89. The van der Waals surface area contributed by atoms with Crippen LogP contribution < -0.4 is 0 Å². The summed E-state index contributed by atoms with van der Waals surface area (Å²) in [7, 11) is 0. The Kier molecular flexibility index (Phi) is 5.54. The zero-order valence-corrected chi connectivity index (χ0v) is 17.6. The van der Waals surface area contributed by atoms with Crippen LogP contribution in [0.25, 0.3) is 21.7 Å². The van der Waals surface area contributed by atoms with Gasteiger partial charge in [0.1, 0.15) is 5.75 Å². The highest BCUT2D eigenvalue weighted by Gasteiger charge is 2.25. The fourth-order valence-corrected chi connectivity index (χ4v) is 4.11. The molecule has 164 valence electrons. The average Bonchev–Trinajstić information content (AvgIpc) is 3.05. The molecule has 0 spiro atoms. The highest BCUT2D eigenvalue weighted by molar-refractivity contribution is 6.16. The van der Waals surface area contributed by atoms with Crippen molar-refractivity contribution in [1.29, 1.82) is 0 Å². The van der Waals surface area contributed by atoms with Gasteiger partial charge in [-0.05, 0) is 37.6 Å². The van der Waals surface area contributed by atoms with E-state index in [9.17, 15) is 25.1 Å². The van der Waals surface area contributed by atoms with Gasteiger partial charge >= 0.3 is 5.97 Å². The molecule has 8 nitrogen and oxygen atoms in total. The number of carbonyl (C=O) groups excluding carboxylic acids is 1. The lowest BCUT2D eigenvalue weighted by Crippen LogP contribution is -2.12. The SMILES string of the molecule is CCOC(=O)c1c(C)n(CC(O)c2ccc([N+](=O)[O-])cc2)c2c1cc(O)c1ccccc12. The first-order valence-electron chi connectivity index (χ1n) is 10.2. The van der Waals surface area contributed by atoms with Crippen LogP contribution in [-0.2, 0) is 11.3 Å². The number of hydrogen-bond acceptors (Lipinski definition) is 6. The normalized spacial score (nSPS) is 12.2. The van der Waals surface area contributed by atoms with Crippen molar-refractivity contribution in [3.05, 3.63) is 81.5 Å². The molecule has 8 heteroatoms. The smallest absolute Gasteiger partial charge is 0.340 e. The molecule has 1 aromatic heterocycles. The second-order valence-corrected chi connectivity index (χ2v) is 7.49. The van der Waals surface area contributed by atoms with E-state index in [2.05, 4.69) is 0 Å². The predicted octanol–water partition coefficient (Wildman–Crippen LogP) is 4.63. The molecule has 3 aromatic carbocycles. The Morgan fingerprint density at radius 1 is 1.12 bits per heavy atom. The number of aromatic hydroxyl groups is 1. The van der Waals surface area contributed by atoms with Gasteiger partial charge in [-0.2, -0.15) is 0 Å². The molecule has 0 aliphatic heterocycles. The zero-order valence-electron chi connectivity index (χ0n) is 17.6. The van der Waals surface area contributed by atoms with Crippen LogP contribution in [0.2, 0.25) is 0 Å². The van der Waals surface area contributed by atoms with Gasteiger partial charge in [0.15, 0.2) is 0 Å². The lowest BCUT2D eigenvalue weighted by Gasteiger charge is -2.16. The van der Waals surface area contributed by atoms with Gasteiger partial charge in [0, 0.05) is 34.0 Å². The first kappa shape index (κ1) is 21.3. The maximum absolute atomic E-state index is 12.8. The van der Waals surface area contributed by atoms with Gasteiger partial charge in [-0.15, -0.1) is 0 Å². The molecule has 0 amide bonds. The summed E-state index contributed by atoms with van der Waals surface area (Å²) in [4.78, 5) is 23.2. The first-order valence-corrected chi connectivity index (χ1v) is 10.2. The Hall–Kier alpha value is -3.91. The van der Waals surface area contributed by atoms with Crippen molar-refractivity contribution >= 4 is 33.3 Å². The lowest BCUT2D eigenvalue weighted by molar-refractivity contribution is -0.384. The number of non-ortho nitro benzene ring substituents is 1. The number of aromatic nitrogens is 1. The number of nitrogens with zero attached hydrogens (tertiary/aromatic N) is 2. The van der Waals surface area contributed by atoms with Gasteiger partial charge < -0.3 is 19.5 Å². The van der Waals surface area contributed by atoms with E-state index in [1.165, 1.54) is 24.3 Å². The molecule has 0 fully saturated rings. The van der Waals surface area contributed by atoms with E-state index in [1.807, 2.05) is 22.8 Å². The van der Waals surface area contributed by atoms with Gasteiger partial charge in [-0.3, -0.25) is 10.1 Å². The number of fused-ring (bicyclic) bond motifs is 3. The Bertz CT molecular complexity index is 1340. The Morgan fingerprint density at radius 3 is 2.41 bits per heavy atom. The van der Waals surface area contributed by atoms with E-state index in [0.29, 0.717) is 33.1 Å². The molecule has 0 saturated carbocycles. The second-order valence-electron chi connectivity index (χ2n) is 7.49. The van der Waals surface area contributed by atoms with Crippen molar-refractivity contribution in [2.45, 2.75) is 26.5 Å². The van der Waals surface area contributed by atoms with Crippen LogP contribution in [0.5, 0.6) is 5.75 Å². The highest BCUT2D eigenvalue weighted by Crippen LogP contribution is 2.38. The number of esters is 1. The number of benzene rings is 3. The third-order valence-corrected chi connectivity index (χ3v) is 5.62. The van der Waals surface area contributed by atoms with E-state index in [4.69, 9.17) is 4.74 Å². The highest BCUT2D eigenvalue weighted by atomic mass is 16.6. The van der Waals surface area contributed by atoms with E-state index >= 15 is 0 Å². The Morgan fingerprint density at radius 2 is 1.78 bits per heavy atom. The van der Waals surface area contributed by atoms with Crippen molar-refractivity contribution in [2.75, 3.05) is 6.61 Å². The maximum Gasteiger partial charge on any atom is 0.340 e. The molecule has 0 bridgehead atoms. The van der Waals surface area contributed by atoms with Crippen LogP contribution >= 0.6 is 0 Å². The number of nitro benzene ring substituents is 1. The summed E-state index contributed by atoms with van der Waals surface area (Å²) >= 11 is 0. The number of nitro groups is 1. The quantitative estimate of drug-likeness (QED) is 0.260. The van der Waals surface area contributed by atoms with Gasteiger partial charge in [0.25, 0.3) is 5.69 Å². The molecule has 0 radical (unpaired) electrons. The predicted molar refractivity (Wildman–Crippen MR) is 120 cm³/mol. The number of aliphatic hydroxyl groups is 1. The molecule has 32 heavy (non-hydrogen) atoms. The minimum atomic E-state index is -0.979. The van der Waals surface area contributed by atoms with Crippen molar-refractivity contribution in [2.24, 2.45) is 0 Å². The van der Waals surface area contributed by atoms with Crippen LogP contribution in [0, 0.1) is 17.0 Å². The second kappa shape index (κ2) is 8.32. The van der Waals surface area contributed by atoms with Gasteiger partial charge in [-0.25, -0.2) is 4.79 Å². The molecular formula is C24H22N2O6. The summed E-state index contributed by atoms with van der Waals surface area (Å²) in [5.74, 6) is -0.458. The van der Waals surface area contributed by atoms with Crippen molar-refractivity contribution in [1.82, 2.24) is 4.57 Å². The van der Waals surface area contributed by atoms with Gasteiger partial charge in [0.05, 0.1) is 35.3 Å². The maximum atomic E-state index is 12.8. The molecule has 0 aliphatic carbocycles. The topological polar surface area (TPSA) is 115 Å². The molecular weight excluding hydrogens is 412 g/mol. The minimum Gasteiger partial charge on any atom is -0.507 e. The van der Waals surface area contributed by atoms with Crippen LogP contribution in [-0.4, -0.2) is 32.3 Å². The molecule has 1 unspecified atom stereocenters. The summed E-state index contributed by atoms with van der Waals surface area (Å²) in [5, 5.41) is 34.3. The Labute approximate surface area is 183 Å². The van der Waals surface area contributed by atoms with Crippen molar-refractivity contribution in [3.8, 4) is 5.75 Å². The number of aliphatic hydroxyl groups excluding tert-OH is 1. The third-order valence-electron chi connectivity index (χ3n) is 5.62. The summed E-state index contributed by atoms with van der Waals surface area (Å²) in [6, 6.07) is 14.5. The molecule has 2 N–H and O–H groups in total. The monoisotopic (exact) mass is 434 g/mol. The van der Waals surface area contributed by atoms with E-state index in [0.717, 1.165) is 5.39 Å². The number of phenolic OH excluding ortho intramolecular Hbond substituents is 1. The molecule has 1 atom stereocenters. The molecule has 4 aromatic rings. The number of hydrogen-bond donors (Lipinski definition) is 2. The van der Waals surface area contributed by atoms with Crippen molar-refractivity contribution in [3.63, 3.8) is 0 Å². The summed E-state index contributed by atoms with van der Waals surface area (Å²) in [5.41, 5.74) is 2.07. The number of rotatable bonds is 6. The van der Waals surface area contributed by atoms with E-state index in [-0.39, 0.29) is 24.6 Å². The number of carbonyl (C=O) groups is 1. The third kappa shape index (κ3) is 3.54. The number of phenols is 1. The summed E-state index contributed by atoms with van der Waals surface area (Å²) in [6.07, 6.45) is -0.979. The molecule has 0 saturated heterocycles. The first-order chi connectivity index (χ1) is 15.3. The minimum absolute atomic E-state index is 0.0479.